The predicted octanol–water partition coefficient (Wildman–Crippen LogP) is 3.63. The lowest BCUT2D eigenvalue weighted by molar-refractivity contribution is -0.137. The highest BCUT2D eigenvalue weighted by Gasteiger charge is 2.32. The maximum atomic E-state index is 13.2. The second kappa shape index (κ2) is 5.57. The van der Waals surface area contributed by atoms with Gasteiger partial charge < -0.3 is 10.2 Å². The van der Waals surface area contributed by atoms with Crippen molar-refractivity contribution >= 4 is 5.82 Å². The molecule has 2 aromatic rings. The Hall–Kier alpha value is -2.35. The van der Waals surface area contributed by atoms with E-state index in [4.69, 9.17) is 10.6 Å². The monoisotopic (exact) mass is 301 g/mol. The van der Waals surface area contributed by atoms with E-state index in [1.807, 2.05) is 5.43 Å². The highest BCUT2D eigenvalue weighted by Crippen LogP contribution is 2.34. The number of rotatable bonds is 3. The van der Waals surface area contributed by atoms with Crippen molar-refractivity contribution in [1.82, 2.24) is 4.98 Å². The van der Waals surface area contributed by atoms with Crippen LogP contribution in [-0.2, 0) is 6.18 Å². The summed E-state index contributed by atoms with van der Waals surface area (Å²) in [6.45, 7) is 1.63. The number of aryl methyl sites for hydroxylation is 1. The molecule has 2 rings (SSSR count). The highest BCUT2D eigenvalue weighted by molar-refractivity contribution is 5.43. The minimum absolute atomic E-state index is 0.0739. The molecule has 0 fully saturated rings. The van der Waals surface area contributed by atoms with Crippen molar-refractivity contribution in [3.05, 3.63) is 47.3 Å². The van der Waals surface area contributed by atoms with Crippen molar-refractivity contribution in [2.24, 2.45) is 5.84 Å². The molecular weight excluding hydrogens is 290 g/mol. The van der Waals surface area contributed by atoms with Crippen molar-refractivity contribution in [3.63, 3.8) is 0 Å². The minimum Gasteiger partial charge on any atom is -0.439 e. The topological polar surface area (TPSA) is 60.2 Å². The summed E-state index contributed by atoms with van der Waals surface area (Å²) in [5, 5.41) is 0. The molecule has 0 bridgehead atoms. The molecular formula is C13H11F4N3O. The molecule has 0 amide bonds. The van der Waals surface area contributed by atoms with Gasteiger partial charge in [0.05, 0.1) is 5.56 Å². The van der Waals surface area contributed by atoms with Crippen LogP contribution in [0.25, 0.3) is 0 Å². The van der Waals surface area contributed by atoms with E-state index in [1.54, 1.807) is 6.92 Å². The van der Waals surface area contributed by atoms with Gasteiger partial charge in [-0.1, -0.05) is 6.07 Å². The molecule has 112 valence electrons. The van der Waals surface area contributed by atoms with Crippen molar-refractivity contribution < 1.29 is 22.3 Å². The number of hydrazine groups is 1. The Kier molecular flexibility index (Phi) is 3.99. The first-order valence-corrected chi connectivity index (χ1v) is 5.79. The Morgan fingerprint density at radius 2 is 1.90 bits per heavy atom. The molecule has 0 saturated heterocycles. The first-order valence-electron chi connectivity index (χ1n) is 5.79. The Labute approximate surface area is 117 Å². The van der Waals surface area contributed by atoms with Gasteiger partial charge in [0.25, 0.3) is 0 Å². The zero-order valence-corrected chi connectivity index (χ0v) is 10.8. The average molecular weight is 301 g/mol. The molecule has 0 atom stereocenters. The number of nitrogens with two attached hydrogens (primary N) is 1. The molecule has 8 heteroatoms. The molecule has 0 spiro atoms. The second-order valence-electron chi connectivity index (χ2n) is 4.23. The summed E-state index contributed by atoms with van der Waals surface area (Å²) in [4.78, 5) is 3.75. The van der Waals surface area contributed by atoms with Crippen LogP contribution < -0.4 is 16.0 Å². The van der Waals surface area contributed by atoms with Crippen LogP contribution in [-0.4, -0.2) is 4.98 Å². The van der Waals surface area contributed by atoms with Crippen molar-refractivity contribution in [2.75, 3.05) is 5.43 Å². The number of ether oxygens (including phenoxy) is 1. The van der Waals surface area contributed by atoms with Gasteiger partial charge in [0.15, 0.2) is 0 Å². The van der Waals surface area contributed by atoms with E-state index in [2.05, 4.69) is 4.98 Å². The smallest absolute Gasteiger partial charge is 0.416 e. The normalized spacial score (nSPS) is 11.3. The van der Waals surface area contributed by atoms with E-state index in [9.17, 15) is 17.6 Å². The van der Waals surface area contributed by atoms with E-state index in [1.165, 1.54) is 12.1 Å². The maximum absolute atomic E-state index is 13.2. The molecule has 0 unspecified atom stereocenters. The second-order valence-corrected chi connectivity index (χ2v) is 4.23. The molecule has 0 aliphatic rings. The fourth-order valence-electron chi connectivity index (χ4n) is 1.59. The lowest BCUT2D eigenvalue weighted by Gasteiger charge is -2.12. The first-order chi connectivity index (χ1) is 9.79. The van der Waals surface area contributed by atoms with Gasteiger partial charge in [-0.2, -0.15) is 18.2 Å². The van der Waals surface area contributed by atoms with E-state index < -0.39 is 17.6 Å². The van der Waals surface area contributed by atoms with Crippen LogP contribution in [0.5, 0.6) is 11.6 Å². The number of nitrogens with one attached hydrogen (secondary N) is 1. The van der Waals surface area contributed by atoms with Crippen LogP contribution in [0.15, 0.2) is 30.3 Å². The van der Waals surface area contributed by atoms with Gasteiger partial charge >= 0.3 is 6.18 Å². The van der Waals surface area contributed by atoms with Crippen LogP contribution in [0, 0.1) is 12.7 Å². The number of alkyl halides is 3. The number of benzene rings is 1. The first kappa shape index (κ1) is 15.0. The molecule has 0 radical (unpaired) electrons. The van der Waals surface area contributed by atoms with Gasteiger partial charge in [-0.15, -0.1) is 0 Å². The molecule has 0 aliphatic carbocycles. The van der Waals surface area contributed by atoms with E-state index in [0.29, 0.717) is 11.6 Å². The number of nitrogen functional groups attached to an aromatic ring is 1. The van der Waals surface area contributed by atoms with Crippen molar-refractivity contribution in [1.29, 1.82) is 0 Å². The number of aromatic nitrogens is 1. The molecule has 0 aliphatic heterocycles. The van der Waals surface area contributed by atoms with Gasteiger partial charge in [0.2, 0.25) is 5.88 Å². The fraction of sp³-hybridized carbons (Fsp3) is 0.154. The molecule has 0 saturated carbocycles. The minimum atomic E-state index is -4.58. The number of anilines is 1. The van der Waals surface area contributed by atoms with Gasteiger partial charge in [-0.05, 0) is 24.6 Å². The number of nitrogens with zero attached hydrogens (tertiary/aromatic N) is 1. The largest absolute Gasteiger partial charge is 0.439 e. The molecule has 3 N–H and O–H groups in total. The summed E-state index contributed by atoms with van der Waals surface area (Å²) in [6.07, 6.45) is -4.58. The average Bonchev–Trinajstić information content (AvgIpc) is 2.41. The SMILES string of the molecule is Cc1ccc(F)cc1Oc1cc(C(F)(F)F)cc(NN)n1. The van der Waals surface area contributed by atoms with Gasteiger partial charge in [-0.3, -0.25) is 0 Å². The van der Waals surface area contributed by atoms with Crippen molar-refractivity contribution in [2.45, 2.75) is 13.1 Å². The van der Waals surface area contributed by atoms with E-state index >= 15 is 0 Å². The Balaban J connectivity index is 2.42. The van der Waals surface area contributed by atoms with Gasteiger partial charge in [0.1, 0.15) is 17.4 Å². The third kappa shape index (κ3) is 3.60. The maximum Gasteiger partial charge on any atom is 0.416 e. The molecule has 1 aromatic heterocycles. The molecule has 1 aromatic carbocycles. The zero-order chi connectivity index (χ0) is 15.6. The van der Waals surface area contributed by atoms with E-state index in [-0.39, 0.29) is 17.4 Å². The molecule has 1 heterocycles. The van der Waals surface area contributed by atoms with E-state index in [0.717, 1.165) is 12.1 Å². The number of hydrogen-bond donors (Lipinski definition) is 2. The summed E-state index contributed by atoms with van der Waals surface area (Å²) in [6, 6.07) is 5.18. The summed E-state index contributed by atoms with van der Waals surface area (Å²) >= 11 is 0. The van der Waals surface area contributed by atoms with Crippen LogP contribution in [0.4, 0.5) is 23.4 Å². The number of pyridine rings is 1. The van der Waals surface area contributed by atoms with Crippen LogP contribution in [0.3, 0.4) is 0 Å². The van der Waals surface area contributed by atoms with Crippen LogP contribution >= 0.6 is 0 Å². The number of hydrogen-bond acceptors (Lipinski definition) is 4. The van der Waals surface area contributed by atoms with Crippen LogP contribution in [0.1, 0.15) is 11.1 Å². The summed E-state index contributed by atoms with van der Waals surface area (Å²) in [7, 11) is 0. The molecule has 4 nitrogen and oxygen atoms in total. The third-order valence-electron chi connectivity index (χ3n) is 2.64. The predicted molar refractivity (Wildman–Crippen MR) is 68.3 cm³/mol. The lowest BCUT2D eigenvalue weighted by Crippen LogP contribution is -2.12. The van der Waals surface area contributed by atoms with Crippen molar-refractivity contribution in [3.8, 4) is 11.6 Å². The quantitative estimate of drug-likeness (QED) is 0.516. The standard InChI is InChI=1S/C13H11F4N3O/c1-7-2-3-9(14)6-10(7)21-12-5-8(13(15,16)17)4-11(19-12)20-18/h2-6H,18H2,1H3,(H,19,20). The fourth-order valence-corrected chi connectivity index (χ4v) is 1.59. The summed E-state index contributed by atoms with van der Waals surface area (Å²) < 4.78 is 56.6. The number of halogens is 4. The Morgan fingerprint density at radius 1 is 1.19 bits per heavy atom. The lowest BCUT2D eigenvalue weighted by atomic mass is 10.2. The van der Waals surface area contributed by atoms with Crippen LogP contribution in [0.2, 0.25) is 0 Å². The zero-order valence-electron chi connectivity index (χ0n) is 10.8. The molecule has 21 heavy (non-hydrogen) atoms. The Morgan fingerprint density at radius 3 is 2.52 bits per heavy atom. The highest BCUT2D eigenvalue weighted by atomic mass is 19.4. The van der Waals surface area contributed by atoms with Gasteiger partial charge in [0, 0.05) is 12.1 Å². The summed E-state index contributed by atoms with van der Waals surface area (Å²) in [5.74, 6) is 4.03. The summed E-state index contributed by atoms with van der Waals surface area (Å²) in [5.41, 5.74) is 1.60. The Bertz CT molecular complexity index is 658. The third-order valence-corrected chi connectivity index (χ3v) is 2.64. The van der Waals surface area contributed by atoms with Gasteiger partial charge in [-0.25, -0.2) is 10.2 Å².